The number of hydrogen-bond acceptors (Lipinski definition) is 3. The molecule has 0 bridgehead atoms. The van der Waals surface area contributed by atoms with E-state index in [1.807, 2.05) is 6.08 Å². The van der Waals surface area contributed by atoms with Crippen molar-refractivity contribution in [3.8, 4) is 0 Å². The highest BCUT2D eigenvalue weighted by atomic mass is 32.2. The summed E-state index contributed by atoms with van der Waals surface area (Å²) < 4.78 is 23.7. The van der Waals surface area contributed by atoms with Gasteiger partial charge in [-0.25, -0.2) is 13.6 Å². The van der Waals surface area contributed by atoms with Crippen molar-refractivity contribution in [1.29, 1.82) is 0 Å². The number of fused-ring (bicyclic) bond motifs is 2. The van der Waals surface area contributed by atoms with Gasteiger partial charge in [0, 0.05) is 24.0 Å². The molecular weight excluding hydrogens is 350 g/mol. The van der Waals surface area contributed by atoms with E-state index in [0.29, 0.717) is 22.4 Å². The van der Waals surface area contributed by atoms with E-state index in [-0.39, 0.29) is 10.8 Å². The molecule has 1 aliphatic carbocycles. The zero-order chi connectivity index (χ0) is 18.6. The number of primary sulfonamides is 1. The molecule has 0 saturated heterocycles. The maximum absolute atomic E-state index is 12.8. The molecule has 2 heterocycles. The quantitative estimate of drug-likeness (QED) is 0.793. The summed E-state index contributed by atoms with van der Waals surface area (Å²) in [6.45, 7) is 1.69. The van der Waals surface area contributed by atoms with Crippen molar-refractivity contribution in [3.05, 3.63) is 46.3 Å². The summed E-state index contributed by atoms with van der Waals surface area (Å²) in [6.07, 6.45) is 6.25. The van der Waals surface area contributed by atoms with Crippen LogP contribution in [0.5, 0.6) is 0 Å². The molecule has 0 spiro atoms. The number of aromatic amines is 1. The molecule has 1 aromatic carbocycles. The first-order chi connectivity index (χ1) is 12.3. The summed E-state index contributed by atoms with van der Waals surface area (Å²) in [6, 6.07) is 5.19. The van der Waals surface area contributed by atoms with E-state index in [4.69, 9.17) is 5.14 Å². The van der Waals surface area contributed by atoms with E-state index in [1.165, 1.54) is 30.2 Å². The van der Waals surface area contributed by atoms with Crippen LogP contribution in [-0.4, -0.2) is 26.4 Å². The van der Waals surface area contributed by atoms with Gasteiger partial charge in [-0.1, -0.05) is 0 Å². The lowest BCUT2D eigenvalue weighted by atomic mass is 9.98. The number of hydrogen-bond donors (Lipinski definition) is 2. The molecule has 0 fully saturated rings. The molecule has 0 saturated carbocycles. The van der Waals surface area contributed by atoms with E-state index < -0.39 is 10.0 Å². The van der Waals surface area contributed by atoms with E-state index in [0.717, 1.165) is 18.5 Å². The Bertz CT molecular complexity index is 1040. The summed E-state index contributed by atoms with van der Waals surface area (Å²) in [5.74, 6) is -0.151. The molecule has 1 aromatic heterocycles. The monoisotopic (exact) mass is 371 g/mol. The van der Waals surface area contributed by atoms with Gasteiger partial charge in [0.05, 0.1) is 16.2 Å². The van der Waals surface area contributed by atoms with Crippen molar-refractivity contribution in [3.63, 3.8) is 0 Å². The molecule has 26 heavy (non-hydrogen) atoms. The van der Waals surface area contributed by atoms with Crippen molar-refractivity contribution in [2.75, 3.05) is 11.9 Å². The van der Waals surface area contributed by atoms with Crippen LogP contribution < -0.4 is 10.0 Å². The first-order valence-electron chi connectivity index (χ1n) is 8.64. The highest BCUT2D eigenvalue weighted by Gasteiger charge is 2.33. The number of likely N-dealkylation sites (N-methyl/N-ethyl adjacent to an activating group) is 1. The number of nitrogens with one attached hydrogen (secondary N) is 1. The molecule has 6 nitrogen and oxygen atoms in total. The average molecular weight is 371 g/mol. The number of aryl methyl sites for hydroxylation is 2. The van der Waals surface area contributed by atoms with Crippen LogP contribution in [-0.2, 0) is 27.7 Å². The maximum atomic E-state index is 12.8. The molecule has 136 valence electrons. The number of anilines is 1. The van der Waals surface area contributed by atoms with Gasteiger partial charge in [-0.3, -0.25) is 4.79 Å². The minimum atomic E-state index is -3.85. The lowest BCUT2D eigenvalue weighted by Gasteiger charge is -2.11. The molecule has 4 rings (SSSR count). The Labute approximate surface area is 152 Å². The summed E-state index contributed by atoms with van der Waals surface area (Å²) in [7, 11) is -2.16. The lowest BCUT2D eigenvalue weighted by Crippen LogP contribution is -2.20. The number of H-pyrrole nitrogens is 1. The van der Waals surface area contributed by atoms with Crippen molar-refractivity contribution < 1.29 is 13.2 Å². The predicted octanol–water partition coefficient (Wildman–Crippen LogP) is 2.37. The van der Waals surface area contributed by atoms with E-state index in [1.54, 1.807) is 24.9 Å². The van der Waals surface area contributed by atoms with Crippen LogP contribution in [0.15, 0.2) is 23.1 Å². The fraction of sp³-hybridized carbons (Fsp3) is 0.316. The van der Waals surface area contributed by atoms with Crippen LogP contribution in [0.1, 0.15) is 40.9 Å². The summed E-state index contributed by atoms with van der Waals surface area (Å²) in [5, 5.41) is 5.33. The molecule has 0 radical (unpaired) electrons. The molecule has 2 aliphatic rings. The Balaban J connectivity index is 1.89. The van der Waals surface area contributed by atoms with Gasteiger partial charge >= 0.3 is 0 Å². The van der Waals surface area contributed by atoms with E-state index in [9.17, 15) is 13.2 Å². The fourth-order valence-electron chi connectivity index (χ4n) is 4.00. The highest BCUT2D eigenvalue weighted by Crippen LogP contribution is 2.41. The Morgan fingerprint density at radius 3 is 2.65 bits per heavy atom. The van der Waals surface area contributed by atoms with Gasteiger partial charge in [0.2, 0.25) is 10.0 Å². The Hall–Kier alpha value is -2.38. The largest absolute Gasteiger partial charge is 0.359 e. The van der Waals surface area contributed by atoms with Gasteiger partial charge in [0.1, 0.15) is 0 Å². The average Bonchev–Trinajstić information content (AvgIpc) is 3.09. The Morgan fingerprint density at radius 1 is 1.23 bits per heavy atom. The molecule has 3 N–H and O–H groups in total. The summed E-state index contributed by atoms with van der Waals surface area (Å²) >= 11 is 0. The predicted molar refractivity (Wildman–Crippen MR) is 101 cm³/mol. The number of amides is 1. The van der Waals surface area contributed by atoms with Crippen molar-refractivity contribution in [2.45, 2.75) is 37.5 Å². The van der Waals surface area contributed by atoms with Gasteiger partial charge in [-0.2, -0.15) is 0 Å². The Kier molecular flexibility index (Phi) is 3.82. The van der Waals surface area contributed by atoms with Crippen LogP contribution >= 0.6 is 0 Å². The third-order valence-electron chi connectivity index (χ3n) is 5.30. The molecule has 0 unspecified atom stereocenters. The molecule has 7 heteroatoms. The second-order valence-electron chi connectivity index (χ2n) is 6.99. The number of aromatic nitrogens is 1. The minimum Gasteiger partial charge on any atom is -0.359 e. The number of benzene rings is 1. The van der Waals surface area contributed by atoms with Crippen LogP contribution in [0.2, 0.25) is 0 Å². The number of sulfonamides is 1. The fourth-order valence-corrected chi connectivity index (χ4v) is 4.79. The van der Waals surface area contributed by atoms with Crippen molar-refractivity contribution in [1.82, 2.24) is 4.98 Å². The number of rotatable bonds is 2. The molecule has 0 atom stereocenters. The number of nitrogens with two attached hydrogens (primary N) is 1. The number of carbonyl (C=O) groups excluding carboxylic acids is 1. The SMILES string of the molecule is Cc1c(S(N)(=O)=O)ccc2c1C(=Cc1cc3c([nH]1)CCCC3)C(=O)N2C. The van der Waals surface area contributed by atoms with Gasteiger partial charge in [0.15, 0.2) is 0 Å². The molecule has 2 aromatic rings. The maximum Gasteiger partial charge on any atom is 0.258 e. The van der Waals surface area contributed by atoms with E-state index >= 15 is 0 Å². The lowest BCUT2D eigenvalue weighted by molar-refractivity contribution is -0.112. The summed E-state index contributed by atoms with van der Waals surface area (Å²) in [5.41, 5.74) is 5.74. The minimum absolute atomic E-state index is 0.0519. The van der Waals surface area contributed by atoms with Crippen LogP contribution in [0, 0.1) is 6.92 Å². The third kappa shape index (κ3) is 2.59. The van der Waals surface area contributed by atoms with Crippen molar-refractivity contribution >= 4 is 33.3 Å². The molecular formula is C19H21N3O3S. The second kappa shape index (κ2) is 5.82. The third-order valence-corrected chi connectivity index (χ3v) is 6.36. The summed E-state index contributed by atoms with van der Waals surface area (Å²) in [4.78, 5) is 17.8. The smallest absolute Gasteiger partial charge is 0.258 e. The highest BCUT2D eigenvalue weighted by molar-refractivity contribution is 7.89. The van der Waals surface area contributed by atoms with Gasteiger partial charge in [-0.05, 0) is 68.0 Å². The number of nitrogens with zero attached hydrogens (tertiary/aromatic N) is 1. The van der Waals surface area contributed by atoms with Gasteiger partial charge < -0.3 is 9.88 Å². The van der Waals surface area contributed by atoms with Crippen LogP contribution in [0.25, 0.3) is 11.6 Å². The molecule has 1 aliphatic heterocycles. The second-order valence-corrected chi connectivity index (χ2v) is 8.52. The van der Waals surface area contributed by atoms with Gasteiger partial charge in [0.25, 0.3) is 5.91 Å². The first kappa shape index (κ1) is 17.1. The van der Waals surface area contributed by atoms with Crippen LogP contribution in [0.3, 0.4) is 0 Å². The normalized spacial score (nSPS) is 18.3. The van der Waals surface area contributed by atoms with Gasteiger partial charge in [-0.15, -0.1) is 0 Å². The number of carbonyl (C=O) groups is 1. The Morgan fingerprint density at radius 2 is 1.96 bits per heavy atom. The zero-order valence-corrected chi connectivity index (χ0v) is 15.6. The first-order valence-corrected chi connectivity index (χ1v) is 10.2. The van der Waals surface area contributed by atoms with Crippen molar-refractivity contribution in [2.24, 2.45) is 5.14 Å². The topological polar surface area (TPSA) is 96.3 Å². The van der Waals surface area contributed by atoms with E-state index in [2.05, 4.69) is 11.1 Å². The molecule has 1 amide bonds. The van der Waals surface area contributed by atoms with Crippen LogP contribution in [0.4, 0.5) is 5.69 Å². The zero-order valence-electron chi connectivity index (χ0n) is 14.8. The standard InChI is InChI=1S/C19H21N3O3S/c1-11-17(26(20,24)25)8-7-16-18(11)14(19(23)22(16)2)10-13-9-12-5-3-4-6-15(12)21-13/h7-10,21H,3-6H2,1-2H3,(H2,20,24,25).